The summed E-state index contributed by atoms with van der Waals surface area (Å²) in [7, 11) is 0. The minimum absolute atomic E-state index is 0.220. The molecule has 0 saturated heterocycles. The molecule has 1 aromatic carbocycles. The fraction of sp³-hybridized carbons (Fsp3) is 0.364. The van der Waals surface area contributed by atoms with Crippen molar-refractivity contribution in [3.63, 3.8) is 0 Å². The number of hydrogen-bond donors (Lipinski definition) is 1. The Morgan fingerprint density at radius 3 is 2.71 bits per heavy atom. The zero-order valence-electron chi connectivity index (χ0n) is 8.34. The summed E-state index contributed by atoms with van der Waals surface area (Å²) < 4.78 is 13.0. The van der Waals surface area contributed by atoms with Crippen molar-refractivity contribution in [3.8, 4) is 6.07 Å². The van der Waals surface area contributed by atoms with E-state index in [1.165, 1.54) is 6.07 Å². The normalized spacial score (nSPS) is 14.5. The predicted molar refractivity (Wildman–Crippen MR) is 52.9 cm³/mol. The second-order valence-electron chi connectivity index (χ2n) is 3.72. The van der Waals surface area contributed by atoms with Crippen LogP contribution in [0.15, 0.2) is 18.2 Å². The standard InChI is InChI=1S/C11H13FN2/c1-8-7-9(3-4-10(8)12)11(2,14)5-6-13/h3-4,7H,5,14H2,1-2H3/t11-/m1/s1. The fourth-order valence-electron chi connectivity index (χ4n) is 1.27. The molecule has 0 heterocycles. The molecule has 0 unspecified atom stereocenters. The molecule has 2 N–H and O–H groups in total. The van der Waals surface area contributed by atoms with Crippen LogP contribution in [0.2, 0.25) is 0 Å². The highest BCUT2D eigenvalue weighted by Crippen LogP contribution is 2.22. The monoisotopic (exact) mass is 192 g/mol. The third-order valence-electron chi connectivity index (χ3n) is 2.26. The maximum atomic E-state index is 13.0. The molecule has 3 heteroatoms. The van der Waals surface area contributed by atoms with Crippen molar-refractivity contribution in [2.45, 2.75) is 25.8 Å². The van der Waals surface area contributed by atoms with Crippen molar-refractivity contribution in [3.05, 3.63) is 35.1 Å². The molecule has 14 heavy (non-hydrogen) atoms. The second-order valence-corrected chi connectivity index (χ2v) is 3.72. The summed E-state index contributed by atoms with van der Waals surface area (Å²) >= 11 is 0. The van der Waals surface area contributed by atoms with Gasteiger partial charge < -0.3 is 5.73 Å². The topological polar surface area (TPSA) is 49.8 Å². The summed E-state index contributed by atoms with van der Waals surface area (Å²) in [5.74, 6) is -0.249. The van der Waals surface area contributed by atoms with E-state index in [-0.39, 0.29) is 12.2 Å². The lowest BCUT2D eigenvalue weighted by Gasteiger charge is -2.22. The molecule has 0 spiro atoms. The lowest BCUT2D eigenvalue weighted by molar-refractivity contribution is 0.505. The van der Waals surface area contributed by atoms with Gasteiger partial charge in [-0.3, -0.25) is 0 Å². The first-order valence-corrected chi connectivity index (χ1v) is 4.40. The number of nitriles is 1. The Morgan fingerprint density at radius 1 is 1.57 bits per heavy atom. The van der Waals surface area contributed by atoms with Crippen LogP contribution >= 0.6 is 0 Å². The molecule has 0 amide bonds. The molecular formula is C11H13FN2. The summed E-state index contributed by atoms with van der Waals surface area (Å²) in [5, 5.41) is 8.58. The average Bonchev–Trinajstić information content (AvgIpc) is 2.09. The average molecular weight is 192 g/mol. The number of rotatable bonds is 2. The molecule has 1 rings (SSSR count). The van der Waals surface area contributed by atoms with Crippen molar-refractivity contribution >= 4 is 0 Å². The minimum Gasteiger partial charge on any atom is -0.321 e. The van der Waals surface area contributed by atoms with Gasteiger partial charge in [0.05, 0.1) is 18.0 Å². The van der Waals surface area contributed by atoms with Gasteiger partial charge in [0.1, 0.15) is 5.82 Å². The molecule has 74 valence electrons. The van der Waals surface area contributed by atoms with E-state index in [2.05, 4.69) is 0 Å². The fourth-order valence-corrected chi connectivity index (χ4v) is 1.27. The number of nitrogens with two attached hydrogens (primary N) is 1. The van der Waals surface area contributed by atoms with E-state index in [1.807, 2.05) is 6.07 Å². The van der Waals surface area contributed by atoms with Crippen molar-refractivity contribution in [2.75, 3.05) is 0 Å². The Morgan fingerprint density at radius 2 is 2.21 bits per heavy atom. The zero-order valence-corrected chi connectivity index (χ0v) is 8.34. The first-order chi connectivity index (χ1) is 6.47. The number of halogens is 1. The van der Waals surface area contributed by atoms with Gasteiger partial charge in [-0.25, -0.2) is 4.39 Å². The Kier molecular flexibility index (Phi) is 2.87. The quantitative estimate of drug-likeness (QED) is 0.781. The molecular weight excluding hydrogens is 179 g/mol. The van der Waals surface area contributed by atoms with Gasteiger partial charge in [-0.05, 0) is 31.0 Å². The molecule has 0 saturated carbocycles. The van der Waals surface area contributed by atoms with E-state index in [0.29, 0.717) is 5.56 Å². The van der Waals surface area contributed by atoms with Crippen LogP contribution in [0.1, 0.15) is 24.5 Å². The van der Waals surface area contributed by atoms with E-state index in [4.69, 9.17) is 11.0 Å². The van der Waals surface area contributed by atoms with Gasteiger partial charge in [0.2, 0.25) is 0 Å². The van der Waals surface area contributed by atoms with E-state index < -0.39 is 5.54 Å². The van der Waals surface area contributed by atoms with Gasteiger partial charge in [-0.15, -0.1) is 0 Å². The SMILES string of the molecule is Cc1cc([C@](C)(N)CC#N)ccc1F. The molecule has 0 fully saturated rings. The molecule has 0 radical (unpaired) electrons. The van der Waals surface area contributed by atoms with E-state index in [0.717, 1.165) is 5.56 Å². The Bertz CT molecular complexity index is 377. The summed E-state index contributed by atoms with van der Waals surface area (Å²) in [4.78, 5) is 0. The Hall–Kier alpha value is -1.40. The van der Waals surface area contributed by atoms with Crippen LogP contribution < -0.4 is 5.73 Å². The first-order valence-electron chi connectivity index (χ1n) is 4.40. The van der Waals surface area contributed by atoms with Gasteiger partial charge in [-0.1, -0.05) is 12.1 Å². The highest BCUT2D eigenvalue weighted by atomic mass is 19.1. The van der Waals surface area contributed by atoms with Gasteiger partial charge in [0.15, 0.2) is 0 Å². The van der Waals surface area contributed by atoms with Gasteiger partial charge in [-0.2, -0.15) is 5.26 Å². The molecule has 1 atom stereocenters. The van der Waals surface area contributed by atoms with Crippen LogP contribution in [0, 0.1) is 24.1 Å². The maximum absolute atomic E-state index is 13.0. The van der Waals surface area contributed by atoms with E-state index in [1.54, 1.807) is 26.0 Å². The first kappa shape index (κ1) is 10.7. The number of hydrogen-bond acceptors (Lipinski definition) is 2. The van der Waals surface area contributed by atoms with E-state index >= 15 is 0 Å². The van der Waals surface area contributed by atoms with Crippen molar-refractivity contribution in [1.82, 2.24) is 0 Å². The molecule has 0 aliphatic rings. The third-order valence-corrected chi connectivity index (χ3v) is 2.26. The van der Waals surface area contributed by atoms with Crippen LogP contribution in [-0.2, 0) is 5.54 Å². The lowest BCUT2D eigenvalue weighted by atomic mass is 9.89. The number of aryl methyl sites for hydroxylation is 1. The molecule has 1 aromatic rings. The van der Waals surface area contributed by atoms with Crippen LogP contribution in [0.25, 0.3) is 0 Å². The van der Waals surface area contributed by atoms with Crippen molar-refractivity contribution < 1.29 is 4.39 Å². The summed E-state index contributed by atoms with van der Waals surface area (Å²) in [5.41, 5.74) is 6.56. The highest BCUT2D eigenvalue weighted by molar-refractivity contribution is 5.29. The Balaban J connectivity index is 3.09. The highest BCUT2D eigenvalue weighted by Gasteiger charge is 2.21. The van der Waals surface area contributed by atoms with Crippen LogP contribution in [0.5, 0.6) is 0 Å². The van der Waals surface area contributed by atoms with E-state index in [9.17, 15) is 4.39 Å². The Labute approximate surface area is 83.2 Å². The molecule has 2 nitrogen and oxygen atoms in total. The third kappa shape index (κ3) is 2.09. The van der Waals surface area contributed by atoms with Crippen molar-refractivity contribution in [2.24, 2.45) is 5.73 Å². The van der Waals surface area contributed by atoms with Crippen LogP contribution in [-0.4, -0.2) is 0 Å². The number of nitrogens with zero attached hydrogens (tertiary/aromatic N) is 1. The number of benzene rings is 1. The van der Waals surface area contributed by atoms with Gasteiger partial charge in [0.25, 0.3) is 0 Å². The molecule has 0 aliphatic carbocycles. The summed E-state index contributed by atoms with van der Waals surface area (Å²) in [6.45, 7) is 3.45. The van der Waals surface area contributed by atoms with Gasteiger partial charge >= 0.3 is 0 Å². The smallest absolute Gasteiger partial charge is 0.126 e. The zero-order chi connectivity index (χ0) is 10.8. The molecule has 0 aliphatic heterocycles. The molecule has 0 aromatic heterocycles. The van der Waals surface area contributed by atoms with Gasteiger partial charge in [0, 0.05) is 0 Å². The summed E-state index contributed by atoms with van der Waals surface area (Å²) in [6.07, 6.45) is 0.220. The second kappa shape index (κ2) is 3.77. The maximum Gasteiger partial charge on any atom is 0.126 e. The van der Waals surface area contributed by atoms with Crippen LogP contribution in [0.3, 0.4) is 0 Å². The van der Waals surface area contributed by atoms with Crippen LogP contribution in [0.4, 0.5) is 4.39 Å². The lowest BCUT2D eigenvalue weighted by Crippen LogP contribution is -2.32. The minimum atomic E-state index is -0.701. The molecule has 0 bridgehead atoms. The summed E-state index contributed by atoms with van der Waals surface area (Å²) in [6, 6.07) is 6.72. The van der Waals surface area contributed by atoms with Crippen molar-refractivity contribution in [1.29, 1.82) is 5.26 Å². The largest absolute Gasteiger partial charge is 0.321 e. The predicted octanol–water partition coefficient (Wildman–Crippen LogP) is 2.22.